The number of rotatable bonds is 5. The second kappa shape index (κ2) is 6.76. The summed E-state index contributed by atoms with van der Waals surface area (Å²) in [5.41, 5.74) is 0.925. The highest BCUT2D eigenvalue weighted by Crippen LogP contribution is 2.36. The van der Waals surface area contributed by atoms with Gasteiger partial charge in [0.25, 0.3) is 0 Å². The van der Waals surface area contributed by atoms with Crippen molar-refractivity contribution in [2.45, 2.75) is 31.7 Å². The molecule has 0 saturated carbocycles. The second-order valence-electron chi connectivity index (χ2n) is 6.66. The molecule has 2 aliphatic rings. The molecule has 1 unspecified atom stereocenters. The number of benzene rings is 1. The average molecular weight is 320 g/mol. The largest absolute Gasteiger partial charge is 0.454 e. The number of hydrogen-bond acceptors (Lipinski definition) is 5. The summed E-state index contributed by atoms with van der Waals surface area (Å²) in [7, 11) is 0. The first-order valence-corrected chi connectivity index (χ1v) is 8.02. The maximum atomic E-state index is 12.1. The van der Waals surface area contributed by atoms with Gasteiger partial charge in [0.1, 0.15) is 0 Å². The lowest BCUT2D eigenvalue weighted by Crippen LogP contribution is -2.45. The molecular weight excluding hydrogens is 296 g/mol. The Morgan fingerprint density at radius 1 is 1.35 bits per heavy atom. The minimum atomic E-state index is -0.187. The number of morpholine rings is 1. The van der Waals surface area contributed by atoms with Gasteiger partial charge in [0.15, 0.2) is 11.5 Å². The van der Waals surface area contributed by atoms with Crippen LogP contribution < -0.4 is 20.1 Å². The molecular formula is C17H24N2O4. The molecule has 126 valence electrons. The van der Waals surface area contributed by atoms with Crippen LogP contribution >= 0.6 is 0 Å². The van der Waals surface area contributed by atoms with E-state index in [4.69, 9.17) is 14.2 Å². The lowest BCUT2D eigenvalue weighted by Gasteiger charge is -2.27. The van der Waals surface area contributed by atoms with E-state index in [1.165, 1.54) is 0 Å². The van der Waals surface area contributed by atoms with Crippen LogP contribution in [0.15, 0.2) is 18.2 Å². The smallest absolute Gasteiger partial charge is 0.231 e. The molecule has 0 aliphatic carbocycles. The predicted molar refractivity (Wildman–Crippen MR) is 85.8 cm³/mol. The van der Waals surface area contributed by atoms with E-state index in [0.29, 0.717) is 19.6 Å². The predicted octanol–water partition coefficient (Wildman–Crippen LogP) is 1.19. The fourth-order valence-corrected chi connectivity index (χ4v) is 2.79. The molecule has 6 nitrogen and oxygen atoms in total. The van der Waals surface area contributed by atoms with Crippen LogP contribution in [0.2, 0.25) is 0 Å². The number of carbonyl (C=O) groups is 1. The Morgan fingerprint density at radius 2 is 2.17 bits per heavy atom. The summed E-state index contributed by atoms with van der Waals surface area (Å²) < 4.78 is 16.1. The maximum absolute atomic E-state index is 12.1. The molecule has 0 bridgehead atoms. The fourth-order valence-electron chi connectivity index (χ4n) is 2.79. The van der Waals surface area contributed by atoms with Gasteiger partial charge in [0.2, 0.25) is 12.7 Å². The van der Waals surface area contributed by atoms with Gasteiger partial charge in [-0.1, -0.05) is 19.9 Å². The van der Waals surface area contributed by atoms with Gasteiger partial charge in [0, 0.05) is 31.0 Å². The monoisotopic (exact) mass is 320 g/mol. The Hall–Kier alpha value is -1.79. The topological polar surface area (TPSA) is 68.8 Å². The fraction of sp³-hybridized carbons (Fsp3) is 0.588. The lowest BCUT2D eigenvalue weighted by molar-refractivity contribution is -0.122. The molecule has 2 aliphatic heterocycles. The van der Waals surface area contributed by atoms with Crippen molar-refractivity contribution in [2.24, 2.45) is 0 Å². The Balaban J connectivity index is 1.54. The van der Waals surface area contributed by atoms with Crippen molar-refractivity contribution >= 4 is 5.91 Å². The number of nitrogens with one attached hydrogen (secondary N) is 2. The average Bonchev–Trinajstić information content (AvgIpc) is 3.02. The van der Waals surface area contributed by atoms with Gasteiger partial charge in [-0.25, -0.2) is 0 Å². The summed E-state index contributed by atoms with van der Waals surface area (Å²) in [6, 6.07) is 6.04. The number of amides is 1. The number of hydrogen-bond donors (Lipinski definition) is 2. The highest BCUT2D eigenvalue weighted by molar-refractivity contribution is 5.76. The molecule has 0 aromatic heterocycles. The van der Waals surface area contributed by atoms with Crippen LogP contribution in [0, 0.1) is 0 Å². The molecule has 0 radical (unpaired) electrons. The lowest BCUT2D eigenvalue weighted by atomic mass is 9.84. The molecule has 1 atom stereocenters. The molecule has 23 heavy (non-hydrogen) atoms. The Morgan fingerprint density at radius 3 is 2.96 bits per heavy atom. The third-order valence-electron chi connectivity index (χ3n) is 4.31. The standard InChI is InChI=1S/C17H24N2O4/c1-17(2,12-3-4-14-15(7-12)23-11-22-14)10-19-16(20)8-13-9-21-6-5-18-13/h3-4,7,13,18H,5-6,8-11H2,1-2H3,(H,19,20). The highest BCUT2D eigenvalue weighted by atomic mass is 16.7. The zero-order valence-corrected chi connectivity index (χ0v) is 13.7. The van der Waals surface area contributed by atoms with Crippen molar-refractivity contribution in [1.82, 2.24) is 10.6 Å². The molecule has 1 aromatic rings. The van der Waals surface area contributed by atoms with E-state index < -0.39 is 0 Å². The summed E-state index contributed by atoms with van der Waals surface area (Å²) in [5, 5.41) is 6.32. The van der Waals surface area contributed by atoms with Crippen LogP contribution in [-0.4, -0.2) is 45.0 Å². The molecule has 1 aromatic carbocycles. The summed E-state index contributed by atoms with van der Waals surface area (Å²) in [6.07, 6.45) is 0.442. The van der Waals surface area contributed by atoms with Crippen molar-refractivity contribution < 1.29 is 19.0 Å². The Labute approximate surface area is 136 Å². The highest BCUT2D eigenvalue weighted by Gasteiger charge is 2.25. The van der Waals surface area contributed by atoms with Crippen molar-refractivity contribution in [3.8, 4) is 11.5 Å². The van der Waals surface area contributed by atoms with E-state index in [9.17, 15) is 4.79 Å². The van der Waals surface area contributed by atoms with Gasteiger partial charge in [-0.05, 0) is 17.7 Å². The van der Waals surface area contributed by atoms with Crippen LogP contribution in [0.3, 0.4) is 0 Å². The zero-order valence-electron chi connectivity index (χ0n) is 13.7. The van der Waals surface area contributed by atoms with E-state index in [0.717, 1.165) is 30.2 Å². The first-order chi connectivity index (χ1) is 11.0. The molecule has 1 fully saturated rings. The van der Waals surface area contributed by atoms with E-state index in [-0.39, 0.29) is 24.2 Å². The van der Waals surface area contributed by atoms with Gasteiger partial charge in [-0.15, -0.1) is 0 Å². The molecule has 3 rings (SSSR count). The third-order valence-corrected chi connectivity index (χ3v) is 4.31. The van der Waals surface area contributed by atoms with Crippen LogP contribution in [-0.2, 0) is 14.9 Å². The van der Waals surface area contributed by atoms with Crippen molar-refractivity contribution in [2.75, 3.05) is 33.1 Å². The van der Waals surface area contributed by atoms with Crippen LogP contribution in [0.1, 0.15) is 25.8 Å². The van der Waals surface area contributed by atoms with Gasteiger partial charge in [0.05, 0.1) is 13.2 Å². The molecule has 6 heteroatoms. The van der Waals surface area contributed by atoms with Crippen molar-refractivity contribution in [1.29, 1.82) is 0 Å². The Bertz CT molecular complexity index is 568. The SMILES string of the molecule is CC(C)(CNC(=O)CC1COCCN1)c1ccc2c(c1)OCO2. The third kappa shape index (κ3) is 3.95. The quantitative estimate of drug-likeness (QED) is 0.853. The van der Waals surface area contributed by atoms with Gasteiger partial charge < -0.3 is 24.8 Å². The van der Waals surface area contributed by atoms with Crippen molar-refractivity contribution in [3.63, 3.8) is 0 Å². The summed E-state index contributed by atoms with van der Waals surface area (Å²) >= 11 is 0. The molecule has 2 N–H and O–H groups in total. The normalized spacial score (nSPS) is 20.3. The summed E-state index contributed by atoms with van der Waals surface area (Å²) in [6.45, 7) is 7.17. The number of carbonyl (C=O) groups excluding carboxylic acids is 1. The Kier molecular flexibility index (Phi) is 4.73. The van der Waals surface area contributed by atoms with Crippen LogP contribution in [0.25, 0.3) is 0 Å². The second-order valence-corrected chi connectivity index (χ2v) is 6.66. The van der Waals surface area contributed by atoms with E-state index in [1.807, 2.05) is 18.2 Å². The van der Waals surface area contributed by atoms with E-state index >= 15 is 0 Å². The maximum Gasteiger partial charge on any atom is 0.231 e. The van der Waals surface area contributed by atoms with E-state index in [1.54, 1.807) is 0 Å². The summed E-state index contributed by atoms with van der Waals surface area (Å²) in [5.74, 6) is 1.59. The molecule has 2 heterocycles. The van der Waals surface area contributed by atoms with Crippen LogP contribution in [0.4, 0.5) is 0 Å². The minimum absolute atomic E-state index is 0.0434. The van der Waals surface area contributed by atoms with E-state index in [2.05, 4.69) is 24.5 Å². The van der Waals surface area contributed by atoms with Gasteiger partial charge >= 0.3 is 0 Å². The van der Waals surface area contributed by atoms with Gasteiger partial charge in [-0.3, -0.25) is 4.79 Å². The number of ether oxygens (including phenoxy) is 3. The molecule has 0 spiro atoms. The molecule has 1 amide bonds. The summed E-state index contributed by atoms with van der Waals surface area (Å²) in [4.78, 5) is 12.1. The number of fused-ring (bicyclic) bond motifs is 1. The zero-order chi connectivity index (χ0) is 16.3. The molecule has 1 saturated heterocycles. The first-order valence-electron chi connectivity index (χ1n) is 8.02. The first kappa shape index (κ1) is 16.1. The van der Waals surface area contributed by atoms with Gasteiger partial charge in [-0.2, -0.15) is 0 Å². The van der Waals surface area contributed by atoms with Crippen molar-refractivity contribution in [3.05, 3.63) is 23.8 Å². The van der Waals surface area contributed by atoms with Crippen LogP contribution in [0.5, 0.6) is 11.5 Å². The minimum Gasteiger partial charge on any atom is -0.454 e.